The van der Waals surface area contributed by atoms with Crippen LogP contribution in [-0.4, -0.2) is 28.0 Å². The van der Waals surface area contributed by atoms with E-state index < -0.39 is 7.81 Å². The zero-order valence-electron chi connectivity index (χ0n) is 13.4. The minimum Gasteiger partial charge on any atom is -1.00 e. The van der Waals surface area contributed by atoms with Gasteiger partial charge in [-0.15, -0.1) is 0 Å². The third-order valence-corrected chi connectivity index (χ3v) is 2.75. The van der Waals surface area contributed by atoms with Gasteiger partial charge in [0.2, 0.25) is 6.33 Å². The molecular weight excluding hydrogens is 455 g/mol. The molecule has 0 unspecified atom stereocenters. The van der Waals surface area contributed by atoms with Gasteiger partial charge < -0.3 is 27.2 Å². The molecule has 0 aliphatic rings. The van der Waals surface area contributed by atoms with E-state index in [4.69, 9.17) is 10.2 Å². The standard InChI is InChI=1S/C13H19N3O2.BrH.F6P/c17-8-6-14-3-1-2-13(10-14)11-16-5-4-15(12-16)7-9-18;;1-7(2,3,4,5)6/h1-5,10,12,17-18H,6-9,11H2;1H;/q+2;;-1/p-1. The number of halogens is 7. The summed E-state index contributed by atoms with van der Waals surface area (Å²) < 4.78 is 65.2. The summed E-state index contributed by atoms with van der Waals surface area (Å²) in [7, 11) is -10.7. The van der Waals surface area contributed by atoms with Crippen molar-refractivity contribution in [3.63, 3.8) is 0 Å². The Hall–Kier alpha value is -1.23. The number of hydrogen-bond acceptors (Lipinski definition) is 2. The molecule has 0 atom stereocenters. The molecule has 26 heavy (non-hydrogen) atoms. The Morgan fingerprint density at radius 3 is 2.12 bits per heavy atom. The first-order valence-corrected chi connectivity index (χ1v) is 9.10. The monoisotopic (exact) mass is 473 g/mol. The van der Waals surface area contributed by atoms with E-state index in [1.165, 1.54) is 5.56 Å². The van der Waals surface area contributed by atoms with Gasteiger partial charge >= 0.3 is 33.0 Å². The first-order valence-electron chi connectivity index (χ1n) is 7.08. The molecule has 0 saturated carbocycles. The molecule has 0 aliphatic heterocycles. The van der Waals surface area contributed by atoms with Crippen LogP contribution in [0.1, 0.15) is 5.56 Å². The van der Waals surface area contributed by atoms with Gasteiger partial charge in [0.25, 0.3) is 0 Å². The Balaban J connectivity index is 0.000000673. The minimum absolute atomic E-state index is 0. The van der Waals surface area contributed by atoms with Gasteiger partial charge in [0, 0.05) is 6.07 Å². The fourth-order valence-corrected chi connectivity index (χ4v) is 1.92. The van der Waals surface area contributed by atoms with Crippen LogP contribution in [0.15, 0.2) is 43.2 Å². The predicted molar refractivity (Wildman–Crippen MR) is 78.1 cm³/mol. The van der Waals surface area contributed by atoms with E-state index in [0.29, 0.717) is 13.1 Å². The average Bonchev–Trinajstić information content (AvgIpc) is 2.84. The number of aliphatic hydroxyl groups is 2. The third-order valence-electron chi connectivity index (χ3n) is 2.75. The van der Waals surface area contributed by atoms with Crippen LogP contribution in [0.2, 0.25) is 0 Å². The predicted octanol–water partition coefficient (Wildman–Crippen LogP) is -0.518. The molecule has 2 aromatic rings. The second-order valence-corrected chi connectivity index (χ2v) is 7.10. The quantitative estimate of drug-likeness (QED) is 0.337. The van der Waals surface area contributed by atoms with Gasteiger partial charge in [-0.1, -0.05) is 0 Å². The molecule has 2 aromatic heterocycles. The molecule has 2 rings (SSSR count). The number of aliphatic hydroxyl groups excluding tert-OH is 2. The SMILES string of the molecule is F[P-](F)(F)(F)(F)F.OCCn1cc[n+](Cc2ccc[n+](CCO)c2)c1.[Br-]. The maximum Gasteiger partial charge on any atom is 0.244 e. The maximum absolute atomic E-state index is 10.7. The average molecular weight is 474 g/mol. The molecule has 0 spiro atoms. The van der Waals surface area contributed by atoms with Gasteiger partial charge in [0.1, 0.15) is 32.1 Å². The molecule has 0 radical (unpaired) electrons. The molecule has 0 fully saturated rings. The molecule has 0 bridgehead atoms. The zero-order valence-corrected chi connectivity index (χ0v) is 15.9. The Kier molecular flexibility index (Phi) is 8.23. The van der Waals surface area contributed by atoms with Crippen LogP contribution in [0.25, 0.3) is 0 Å². The van der Waals surface area contributed by atoms with Crippen LogP contribution in [0, 0.1) is 0 Å². The van der Waals surface area contributed by atoms with Gasteiger partial charge in [-0.3, -0.25) is 0 Å². The van der Waals surface area contributed by atoms with Crippen molar-refractivity contribution in [3.8, 4) is 0 Å². The molecule has 0 saturated heterocycles. The molecule has 0 aromatic carbocycles. The Labute approximate surface area is 156 Å². The minimum atomic E-state index is -10.7. The third kappa shape index (κ3) is 14.0. The number of pyridine rings is 1. The van der Waals surface area contributed by atoms with Crippen LogP contribution in [-0.2, 0) is 19.6 Å². The van der Waals surface area contributed by atoms with Crippen molar-refractivity contribution in [2.75, 3.05) is 13.2 Å². The van der Waals surface area contributed by atoms with Gasteiger partial charge in [0.15, 0.2) is 18.9 Å². The summed E-state index contributed by atoms with van der Waals surface area (Å²) in [5, 5.41) is 17.8. The summed E-state index contributed by atoms with van der Waals surface area (Å²) in [5.74, 6) is 0. The second-order valence-electron chi connectivity index (χ2n) is 5.18. The Bertz CT molecular complexity index is 685. The summed E-state index contributed by atoms with van der Waals surface area (Å²) in [6.45, 7) is 2.31. The number of imidazole rings is 1. The van der Waals surface area contributed by atoms with Gasteiger partial charge in [0.05, 0.1) is 12.2 Å². The summed E-state index contributed by atoms with van der Waals surface area (Å²) in [4.78, 5) is 0. The first kappa shape index (κ1) is 24.8. The van der Waals surface area contributed by atoms with E-state index in [-0.39, 0.29) is 30.2 Å². The first-order chi connectivity index (χ1) is 11.3. The smallest absolute Gasteiger partial charge is 0.244 e. The molecule has 0 aliphatic carbocycles. The largest absolute Gasteiger partial charge is 1.00 e. The summed E-state index contributed by atoms with van der Waals surface area (Å²) >= 11 is 0. The van der Waals surface area contributed by atoms with Gasteiger partial charge in [-0.25, -0.2) is 13.7 Å². The van der Waals surface area contributed by atoms with E-state index in [0.717, 1.165) is 6.54 Å². The molecule has 0 amide bonds. The van der Waals surface area contributed by atoms with E-state index in [2.05, 4.69) is 10.6 Å². The summed E-state index contributed by atoms with van der Waals surface area (Å²) in [6.07, 6.45) is 9.88. The van der Waals surface area contributed by atoms with Crippen LogP contribution in [0.4, 0.5) is 25.2 Å². The fraction of sp³-hybridized carbons (Fsp3) is 0.385. The van der Waals surface area contributed by atoms with Crippen molar-refractivity contribution in [2.24, 2.45) is 0 Å². The molecule has 2 heterocycles. The van der Waals surface area contributed by atoms with Crippen LogP contribution in [0.5, 0.6) is 0 Å². The van der Waals surface area contributed by atoms with E-state index in [9.17, 15) is 25.2 Å². The van der Waals surface area contributed by atoms with E-state index >= 15 is 0 Å². The van der Waals surface area contributed by atoms with Crippen molar-refractivity contribution >= 4 is 7.81 Å². The number of rotatable bonds is 6. The van der Waals surface area contributed by atoms with Crippen molar-refractivity contribution in [1.82, 2.24) is 4.57 Å². The molecular formula is C13H19BrF6N3O2P. The van der Waals surface area contributed by atoms with Crippen LogP contribution < -0.4 is 26.1 Å². The second kappa shape index (κ2) is 8.64. The van der Waals surface area contributed by atoms with Crippen LogP contribution >= 0.6 is 7.81 Å². The molecule has 5 nitrogen and oxygen atoms in total. The van der Waals surface area contributed by atoms with Crippen molar-refractivity contribution in [3.05, 3.63) is 48.8 Å². The molecule has 13 heteroatoms. The number of nitrogens with zero attached hydrogens (tertiary/aromatic N) is 3. The fourth-order valence-electron chi connectivity index (χ4n) is 1.92. The Morgan fingerprint density at radius 2 is 1.58 bits per heavy atom. The van der Waals surface area contributed by atoms with Crippen LogP contribution in [0.3, 0.4) is 0 Å². The zero-order chi connectivity index (χ0) is 19.2. The molecule has 152 valence electrons. The number of aromatic nitrogens is 3. The van der Waals surface area contributed by atoms with Crippen molar-refractivity contribution in [1.29, 1.82) is 0 Å². The van der Waals surface area contributed by atoms with E-state index in [1.807, 2.05) is 46.3 Å². The normalized spacial score (nSPS) is 13.7. The summed E-state index contributed by atoms with van der Waals surface area (Å²) in [6, 6.07) is 4.04. The topological polar surface area (TPSA) is 53.2 Å². The molecule has 2 N–H and O–H groups in total. The Morgan fingerprint density at radius 1 is 0.962 bits per heavy atom. The summed E-state index contributed by atoms with van der Waals surface area (Å²) in [5.41, 5.74) is 1.18. The number of hydrogen-bond donors (Lipinski definition) is 2. The van der Waals surface area contributed by atoms with Crippen molar-refractivity contribution < 1.29 is 61.5 Å². The van der Waals surface area contributed by atoms with E-state index in [1.54, 1.807) is 0 Å². The van der Waals surface area contributed by atoms with Crippen molar-refractivity contribution in [2.45, 2.75) is 19.6 Å². The maximum atomic E-state index is 9.87. The van der Waals surface area contributed by atoms with Gasteiger partial charge in [-0.2, -0.15) is 0 Å². The van der Waals surface area contributed by atoms with Gasteiger partial charge in [-0.05, 0) is 6.07 Å².